The van der Waals surface area contributed by atoms with Gasteiger partial charge in [0.2, 0.25) is 5.91 Å². The maximum absolute atomic E-state index is 12.6. The quantitative estimate of drug-likeness (QED) is 0.391. The van der Waals surface area contributed by atoms with Crippen LogP contribution in [0.1, 0.15) is 18.4 Å². The number of carbonyl (C=O) groups is 2. The van der Waals surface area contributed by atoms with Crippen LogP contribution in [0.3, 0.4) is 0 Å². The van der Waals surface area contributed by atoms with Crippen LogP contribution in [-0.2, 0) is 20.7 Å². The molecule has 0 aliphatic carbocycles. The second kappa shape index (κ2) is 12.4. The van der Waals surface area contributed by atoms with Crippen molar-refractivity contribution in [2.45, 2.75) is 31.2 Å². The molecular weight excluding hydrogens is 377 g/mol. The Morgan fingerprint density at radius 3 is 2.52 bits per heavy atom. The van der Waals surface area contributed by atoms with Crippen LogP contribution in [0.2, 0.25) is 0 Å². The lowest BCUT2D eigenvalue weighted by molar-refractivity contribution is -0.124. The van der Waals surface area contributed by atoms with Crippen LogP contribution in [0, 0.1) is 0 Å². The molecule has 9 nitrogen and oxygen atoms in total. The predicted octanol–water partition coefficient (Wildman–Crippen LogP) is -0.437. The maximum atomic E-state index is 12.6. The average Bonchev–Trinajstić information content (AvgIpc) is 2.73. The second-order valence-corrected chi connectivity index (χ2v) is 6.96. The summed E-state index contributed by atoms with van der Waals surface area (Å²) in [6.07, 6.45) is 1.81. The summed E-state index contributed by atoms with van der Waals surface area (Å²) in [5.41, 5.74) is 1.14. The van der Waals surface area contributed by atoms with Crippen LogP contribution in [0.4, 0.5) is 4.79 Å². The summed E-state index contributed by atoms with van der Waals surface area (Å²) in [7, 11) is -0.271. The van der Waals surface area contributed by atoms with Crippen molar-refractivity contribution in [3.05, 3.63) is 35.9 Å². The SMILES string of the molecule is COCC(NC(=O)N1CCOCC1)C(=O)NC(CCCc1ccccc1)B(O)O. The number of urea groups is 1. The fourth-order valence-electron chi connectivity index (χ4n) is 3.11. The van der Waals surface area contributed by atoms with Crippen molar-refractivity contribution < 1.29 is 29.1 Å². The minimum Gasteiger partial charge on any atom is -0.426 e. The number of methoxy groups -OCH3 is 1. The maximum Gasteiger partial charge on any atom is 0.475 e. The van der Waals surface area contributed by atoms with Gasteiger partial charge in [-0.05, 0) is 24.8 Å². The monoisotopic (exact) mass is 407 g/mol. The Labute approximate surface area is 171 Å². The van der Waals surface area contributed by atoms with Gasteiger partial charge in [0.05, 0.1) is 25.8 Å². The van der Waals surface area contributed by atoms with Gasteiger partial charge < -0.3 is 35.1 Å². The van der Waals surface area contributed by atoms with Crippen molar-refractivity contribution in [3.63, 3.8) is 0 Å². The van der Waals surface area contributed by atoms with Gasteiger partial charge in [-0.3, -0.25) is 4.79 Å². The van der Waals surface area contributed by atoms with Crippen molar-refractivity contribution >= 4 is 19.1 Å². The standard InChI is InChI=1S/C19H30BN3O6/c1-28-14-16(21-19(25)23-10-12-29-13-11-23)18(24)22-17(20(26)27)9-5-8-15-6-3-2-4-7-15/h2-4,6-7,16-17,26-27H,5,8-14H2,1H3,(H,21,25)(H,22,24). The van der Waals surface area contributed by atoms with Gasteiger partial charge in [-0.15, -0.1) is 0 Å². The summed E-state index contributed by atoms with van der Waals surface area (Å²) in [6.45, 7) is 1.78. The number of aryl methyl sites for hydroxylation is 1. The first kappa shape index (κ1) is 23.1. The van der Waals surface area contributed by atoms with Crippen LogP contribution in [0.15, 0.2) is 30.3 Å². The molecule has 0 bridgehead atoms. The summed E-state index contributed by atoms with van der Waals surface area (Å²) in [5, 5.41) is 24.6. The fourth-order valence-corrected chi connectivity index (χ4v) is 3.11. The molecule has 4 N–H and O–H groups in total. The Morgan fingerprint density at radius 1 is 1.21 bits per heavy atom. The summed E-state index contributed by atoms with van der Waals surface area (Å²) in [5.74, 6) is -1.36. The molecule has 0 saturated carbocycles. The molecule has 29 heavy (non-hydrogen) atoms. The number of hydrogen-bond acceptors (Lipinski definition) is 6. The van der Waals surface area contributed by atoms with E-state index in [1.165, 1.54) is 7.11 Å². The normalized spacial score (nSPS) is 16.0. The van der Waals surface area contributed by atoms with Gasteiger partial charge in [0.25, 0.3) is 0 Å². The Morgan fingerprint density at radius 2 is 1.90 bits per heavy atom. The van der Waals surface area contributed by atoms with E-state index in [1.54, 1.807) is 4.90 Å². The Hall–Kier alpha value is -2.14. The van der Waals surface area contributed by atoms with E-state index < -0.39 is 25.0 Å². The number of amides is 3. The van der Waals surface area contributed by atoms with Crippen molar-refractivity contribution in [1.82, 2.24) is 15.5 Å². The molecule has 1 aliphatic rings. The molecule has 1 heterocycles. The van der Waals surface area contributed by atoms with Crippen molar-refractivity contribution in [2.75, 3.05) is 40.0 Å². The van der Waals surface area contributed by atoms with Crippen LogP contribution in [0.5, 0.6) is 0 Å². The molecule has 3 amide bonds. The van der Waals surface area contributed by atoms with E-state index in [0.717, 1.165) is 12.0 Å². The molecule has 10 heteroatoms. The van der Waals surface area contributed by atoms with E-state index in [9.17, 15) is 19.6 Å². The number of nitrogens with one attached hydrogen (secondary N) is 2. The van der Waals surface area contributed by atoms with Crippen LogP contribution in [0.25, 0.3) is 0 Å². The van der Waals surface area contributed by atoms with Crippen molar-refractivity contribution in [3.8, 4) is 0 Å². The van der Waals surface area contributed by atoms with Crippen LogP contribution in [-0.4, -0.2) is 86.0 Å². The summed E-state index contributed by atoms with van der Waals surface area (Å²) < 4.78 is 10.3. The molecule has 1 aromatic rings. The highest BCUT2D eigenvalue weighted by atomic mass is 16.5. The highest BCUT2D eigenvalue weighted by Crippen LogP contribution is 2.08. The van der Waals surface area contributed by atoms with E-state index in [1.807, 2.05) is 30.3 Å². The van der Waals surface area contributed by atoms with Gasteiger partial charge in [-0.1, -0.05) is 30.3 Å². The number of nitrogens with zero attached hydrogens (tertiary/aromatic N) is 1. The molecule has 1 fully saturated rings. The number of ether oxygens (including phenoxy) is 2. The first-order valence-corrected chi connectivity index (χ1v) is 9.84. The Balaban J connectivity index is 1.87. The van der Waals surface area contributed by atoms with E-state index in [-0.39, 0.29) is 12.6 Å². The molecule has 2 unspecified atom stereocenters. The largest absolute Gasteiger partial charge is 0.475 e. The zero-order valence-electron chi connectivity index (χ0n) is 16.8. The van der Waals surface area contributed by atoms with Gasteiger partial charge in [-0.2, -0.15) is 0 Å². The lowest BCUT2D eigenvalue weighted by atomic mass is 9.76. The number of rotatable bonds is 10. The average molecular weight is 407 g/mol. The molecule has 0 aromatic heterocycles. The molecule has 0 radical (unpaired) electrons. The topological polar surface area (TPSA) is 120 Å². The number of morpholine rings is 1. The molecule has 1 aromatic carbocycles. The fraction of sp³-hybridized carbons (Fsp3) is 0.579. The number of hydrogen-bond donors (Lipinski definition) is 4. The molecule has 2 atom stereocenters. The number of carbonyl (C=O) groups excluding carboxylic acids is 2. The number of benzene rings is 1. The Bertz CT molecular complexity index is 628. The third-order valence-electron chi connectivity index (χ3n) is 4.76. The van der Waals surface area contributed by atoms with Crippen LogP contribution >= 0.6 is 0 Å². The van der Waals surface area contributed by atoms with Gasteiger partial charge in [0, 0.05) is 20.2 Å². The first-order valence-electron chi connectivity index (χ1n) is 9.84. The minimum absolute atomic E-state index is 0.0276. The van der Waals surface area contributed by atoms with Gasteiger partial charge in [0.1, 0.15) is 6.04 Å². The second-order valence-electron chi connectivity index (χ2n) is 6.96. The summed E-state index contributed by atoms with van der Waals surface area (Å²) in [4.78, 5) is 26.6. The highest BCUT2D eigenvalue weighted by Gasteiger charge is 2.30. The zero-order chi connectivity index (χ0) is 21.1. The molecule has 1 saturated heterocycles. The smallest absolute Gasteiger partial charge is 0.426 e. The van der Waals surface area contributed by atoms with E-state index >= 15 is 0 Å². The first-order chi connectivity index (χ1) is 14.0. The molecule has 0 spiro atoms. The summed E-state index contributed by atoms with van der Waals surface area (Å²) >= 11 is 0. The van der Waals surface area contributed by atoms with Gasteiger partial charge >= 0.3 is 13.1 Å². The summed E-state index contributed by atoms with van der Waals surface area (Å²) in [6, 6.07) is 8.51. The van der Waals surface area contributed by atoms with Gasteiger partial charge in [0.15, 0.2) is 0 Å². The predicted molar refractivity (Wildman–Crippen MR) is 108 cm³/mol. The van der Waals surface area contributed by atoms with Crippen LogP contribution < -0.4 is 10.6 Å². The minimum atomic E-state index is -1.70. The lowest BCUT2D eigenvalue weighted by Gasteiger charge is -2.29. The van der Waals surface area contributed by atoms with E-state index in [2.05, 4.69) is 10.6 Å². The zero-order valence-corrected chi connectivity index (χ0v) is 16.8. The van der Waals surface area contributed by atoms with E-state index in [4.69, 9.17) is 9.47 Å². The lowest BCUT2D eigenvalue weighted by Crippen LogP contribution is -2.58. The Kier molecular flexibility index (Phi) is 9.92. The third-order valence-corrected chi connectivity index (χ3v) is 4.76. The van der Waals surface area contributed by atoms with Crippen molar-refractivity contribution in [1.29, 1.82) is 0 Å². The van der Waals surface area contributed by atoms with E-state index in [0.29, 0.717) is 39.1 Å². The van der Waals surface area contributed by atoms with Crippen molar-refractivity contribution in [2.24, 2.45) is 0 Å². The van der Waals surface area contributed by atoms with Gasteiger partial charge in [-0.25, -0.2) is 4.79 Å². The molecule has 160 valence electrons. The molecular formula is C19H30BN3O6. The highest BCUT2D eigenvalue weighted by molar-refractivity contribution is 6.43. The third kappa shape index (κ3) is 8.02. The molecule has 2 rings (SSSR count). The molecule has 1 aliphatic heterocycles.